The van der Waals surface area contributed by atoms with Gasteiger partial charge < -0.3 is 4.42 Å². The first kappa shape index (κ1) is 13.6. The number of furan rings is 1. The highest BCUT2D eigenvalue weighted by molar-refractivity contribution is 9.10. The summed E-state index contributed by atoms with van der Waals surface area (Å²) in [6.45, 7) is 2.70. The van der Waals surface area contributed by atoms with Gasteiger partial charge in [-0.2, -0.15) is 0 Å². The highest BCUT2D eigenvalue weighted by Gasteiger charge is 2.14. The second-order valence-electron chi connectivity index (χ2n) is 4.93. The number of nitrogens with zero attached hydrogens (tertiary/aromatic N) is 1. The van der Waals surface area contributed by atoms with E-state index in [1.54, 1.807) is 0 Å². The zero-order valence-electron chi connectivity index (χ0n) is 11.0. The Labute approximate surface area is 126 Å². The van der Waals surface area contributed by atoms with E-state index in [1.165, 1.54) is 17.7 Å². The van der Waals surface area contributed by atoms with Crippen LogP contribution in [0.2, 0.25) is 0 Å². The van der Waals surface area contributed by atoms with Gasteiger partial charge in [0.1, 0.15) is 11.6 Å². The van der Waals surface area contributed by atoms with Crippen molar-refractivity contribution in [1.29, 1.82) is 0 Å². The number of hydrogen-bond acceptors (Lipinski definition) is 2. The monoisotopic (exact) mass is 335 g/mol. The number of hydrogen-bond donors (Lipinski definition) is 0. The minimum Gasteiger partial charge on any atom is -0.453 e. The quantitative estimate of drug-likeness (QED) is 0.822. The van der Waals surface area contributed by atoms with Crippen molar-refractivity contribution in [1.82, 2.24) is 4.90 Å². The van der Waals surface area contributed by atoms with E-state index >= 15 is 0 Å². The van der Waals surface area contributed by atoms with Crippen LogP contribution in [-0.4, -0.2) is 18.0 Å². The van der Waals surface area contributed by atoms with Crippen LogP contribution < -0.4 is 0 Å². The van der Waals surface area contributed by atoms with Crippen LogP contribution in [0.3, 0.4) is 0 Å². The van der Waals surface area contributed by atoms with E-state index in [-0.39, 0.29) is 5.82 Å². The predicted molar refractivity (Wildman–Crippen MR) is 80.7 cm³/mol. The molecule has 2 heterocycles. The van der Waals surface area contributed by atoms with Crippen LogP contribution in [-0.2, 0) is 6.54 Å². The Morgan fingerprint density at radius 2 is 1.95 bits per heavy atom. The predicted octanol–water partition coefficient (Wildman–Crippen LogP) is 4.47. The fourth-order valence-electron chi connectivity index (χ4n) is 2.44. The molecule has 1 aromatic carbocycles. The zero-order valence-corrected chi connectivity index (χ0v) is 12.6. The van der Waals surface area contributed by atoms with Crippen LogP contribution in [0.4, 0.5) is 4.39 Å². The van der Waals surface area contributed by atoms with Crippen molar-refractivity contribution in [3.63, 3.8) is 0 Å². The van der Waals surface area contributed by atoms with Gasteiger partial charge in [-0.3, -0.25) is 4.90 Å². The van der Waals surface area contributed by atoms with E-state index in [1.807, 2.05) is 24.3 Å². The molecule has 0 saturated carbocycles. The van der Waals surface area contributed by atoms with Crippen molar-refractivity contribution in [2.24, 2.45) is 0 Å². The molecule has 2 aromatic rings. The lowest BCUT2D eigenvalue weighted by Gasteiger charge is -2.25. The van der Waals surface area contributed by atoms with E-state index in [0.717, 1.165) is 42.0 Å². The van der Waals surface area contributed by atoms with E-state index < -0.39 is 0 Å². The van der Waals surface area contributed by atoms with Crippen LogP contribution in [0.25, 0.3) is 5.57 Å². The van der Waals surface area contributed by atoms with Gasteiger partial charge in [0.2, 0.25) is 0 Å². The summed E-state index contributed by atoms with van der Waals surface area (Å²) in [5.74, 6) is 0.783. The Balaban J connectivity index is 1.64. The van der Waals surface area contributed by atoms with Crippen LogP contribution in [0.15, 0.2) is 51.6 Å². The molecule has 0 aliphatic carbocycles. The van der Waals surface area contributed by atoms with Gasteiger partial charge in [-0.15, -0.1) is 0 Å². The fourth-order valence-corrected chi connectivity index (χ4v) is 2.78. The summed E-state index contributed by atoms with van der Waals surface area (Å²) in [5.41, 5.74) is 2.41. The van der Waals surface area contributed by atoms with E-state index in [9.17, 15) is 4.39 Å². The smallest absolute Gasteiger partial charge is 0.169 e. The lowest BCUT2D eigenvalue weighted by Crippen LogP contribution is -2.27. The summed E-state index contributed by atoms with van der Waals surface area (Å²) in [5, 5.41) is 0. The van der Waals surface area contributed by atoms with E-state index in [0.29, 0.717) is 0 Å². The summed E-state index contributed by atoms with van der Waals surface area (Å²) < 4.78 is 19.2. The van der Waals surface area contributed by atoms with Crippen LogP contribution >= 0.6 is 15.9 Å². The molecule has 0 unspecified atom stereocenters. The first-order valence-corrected chi connectivity index (χ1v) is 7.41. The average Bonchev–Trinajstić information content (AvgIpc) is 2.86. The van der Waals surface area contributed by atoms with Crippen molar-refractivity contribution in [2.45, 2.75) is 13.0 Å². The first-order chi connectivity index (χ1) is 9.70. The van der Waals surface area contributed by atoms with Crippen molar-refractivity contribution in [3.05, 3.63) is 64.3 Å². The molecule has 4 heteroatoms. The SMILES string of the molecule is Fc1ccc(C2=CCN(Cc3ccc(Br)o3)CC2)cc1. The molecule has 1 aliphatic heterocycles. The summed E-state index contributed by atoms with van der Waals surface area (Å²) in [4.78, 5) is 2.33. The maximum atomic E-state index is 12.9. The normalized spacial score (nSPS) is 16.2. The molecule has 0 spiro atoms. The molecule has 0 atom stereocenters. The van der Waals surface area contributed by atoms with Crippen molar-refractivity contribution < 1.29 is 8.81 Å². The molecule has 0 fully saturated rings. The molecule has 20 heavy (non-hydrogen) atoms. The molecule has 0 radical (unpaired) electrons. The third-order valence-electron chi connectivity index (χ3n) is 3.52. The Hall–Kier alpha value is -1.39. The second-order valence-corrected chi connectivity index (χ2v) is 5.71. The molecule has 104 valence electrons. The molecular weight excluding hydrogens is 321 g/mol. The molecule has 1 aromatic heterocycles. The minimum atomic E-state index is -0.185. The molecule has 0 N–H and O–H groups in total. The minimum absolute atomic E-state index is 0.185. The highest BCUT2D eigenvalue weighted by atomic mass is 79.9. The molecule has 0 saturated heterocycles. The zero-order chi connectivity index (χ0) is 13.9. The van der Waals surface area contributed by atoms with Gasteiger partial charge in [-0.25, -0.2) is 4.39 Å². The van der Waals surface area contributed by atoms with Crippen molar-refractivity contribution in [2.75, 3.05) is 13.1 Å². The third kappa shape index (κ3) is 3.19. The lowest BCUT2D eigenvalue weighted by atomic mass is 9.99. The van der Waals surface area contributed by atoms with E-state index in [4.69, 9.17) is 4.42 Å². The molecule has 0 amide bonds. The highest BCUT2D eigenvalue weighted by Crippen LogP contribution is 2.24. The van der Waals surface area contributed by atoms with E-state index in [2.05, 4.69) is 26.9 Å². The van der Waals surface area contributed by atoms with Gasteiger partial charge in [0.15, 0.2) is 4.67 Å². The maximum absolute atomic E-state index is 12.9. The third-order valence-corrected chi connectivity index (χ3v) is 3.94. The Bertz CT molecular complexity index is 618. The fraction of sp³-hybridized carbons (Fsp3) is 0.250. The Kier molecular flexibility index (Phi) is 4.03. The number of benzene rings is 1. The van der Waals surface area contributed by atoms with Gasteiger partial charge >= 0.3 is 0 Å². The Morgan fingerprint density at radius 1 is 1.15 bits per heavy atom. The molecular formula is C16H15BrFNO. The largest absolute Gasteiger partial charge is 0.453 e. The molecule has 2 nitrogen and oxygen atoms in total. The second kappa shape index (κ2) is 5.94. The van der Waals surface area contributed by atoms with Gasteiger partial charge in [-0.1, -0.05) is 18.2 Å². The standard InChI is InChI=1S/C16H15BrFNO/c17-16-6-5-15(20-16)11-19-9-7-13(8-10-19)12-1-3-14(18)4-2-12/h1-7H,8-11H2. The number of halogens is 2. The summed E-state index contributed by atoms with van der Waals surface area (Å²) in [6, 6.07) is 10.6. The van der Waals surface area contributed by atoms with Gasteiger partial charge in [-0.05, 0) is 57.8 Å². The lowest BCUT2D eigenvalue weighted by molar-refractivity contribution is 0.265. The maximum Gasteiger partial charge on any atom is 0.169 e. The average molecular weight is 336 g/mol. The van der Waals surface area contributed by atoms with Crippen LogP contribution in [0.1, 0.15) is 17.7 Å². The first-order valence-electron chi connectivity index (χ1n) is 6.62. The summed E-state index contributed by atoms with van der Waals surface area (Å²) in [7, 11) is 0. The number of rotatable bonds is 3. The van der Waals surface area contributed by atoms with Crippen molar-refractivity contribution >= 4 is 21.5 Å². The Morgan fingerprint density at radius 3 is 2.55 bits per heavy atom. The van der Waals surface area contributed by atoms with Crippen LogP contribution in [0, 0.1) is 5.82 Å². The molecule has 3 rings (SSSR count). The molecule has 1 aliphatic rings. The topological polar surface area (TPSA) is 16.4 Å². The summed E-state index contributed by atoms with van der Waals surface area (Å²) in [6.07, 6.45) is 3.20. The molecule has 0 bridgehead atoms. The van der Waals surface area contributed by atoms with Gasteiger partial charge in [0.05, 0.1) is 6.54 Å². The summed E-state index contributed by atoms with van der Waals surface area (Å²) >= 11 is 3.32. The van der Waals surface area contributed by atoms with Crippen LogP contribution in [0.5, 0.6) is 0 Å². The van der Waals surface area contributed by atoms with Gasteiger partial charge in [0.25, 0.3) is 0 Å². The van der Waals surface area contributed by atoms with Gasteiger partial charge in [0, 0.05) is 13.1 Å². The van der Waals surface area contributed by atoms with Crippen molar-refractivity contribution in [3.8, 4) is 0 Å².